The van der Waals surface area contributed by atoms with Crippen LogP contribution in [0.15, 0.2) is 170 Å². The molecule has 0 atom stereocenters. The molecule has 0 fully saturated rings. The number of imidazole rings is 1. The zero-order chi connectivity index (χ0) is 42.5. The number of phenolic OH excluding ortho intramolecular Hbond substituents is 1. The second kappa shape index (κ2) is 17.0. The van der Waals surface area contributed by atoms with Gasteiger partial charge in [0.15, 0.2) is 0 Å². The Balaban J connectivity index is 0.00000529. The molecule has 0 aliphatic rings. The number of aryl methyl sites for hydroxylation is 1. The molecule has 0 saturated heterocycles. The molecule has 7 aromatic carbocycles. The Morgan fingerprint density at radius 3 is 2.03 bits per heavy atom. The molecule has 9 aromatic rings. The van der Waals surface area contributed by atoms with Gasteiger partial charge >= 0.3 is 0 Å². The zero-order valence-corrected chi connectivity index (χ0v) is 37.5. The number of nitrogens with zero attached hydrogens (tertiary/aromatic N) is 3. The molecule has 0 amide bonds. The largest absolute Gasteiger partial charge is 0.507 e. The molecule has 304 valence electrons. The van der Waals surface area contributed by atoms with Crippen LogP contribution in [-0.4, -0.2) is 19.6 Å². The number of hydrogen-bond acceptors (Lipinski definition) is 3. The minimum atomic E-state index is -0.930. The Morgan fingerprint density at radius 2 is 1.30 bits per heavy atom. The fourth-order valence-corrected chi connectivity index (χ4v) is 8.27. The van der Waals surface area contributed by atoms with Crippen LogP contribution in [-0.2, 0) is 26.5 Å². The Bertz CT molecular complexity index is 3070. The molecule has 4 nitrogen and oxygen atoms in total. The van der Waals surface area contributed by atoms with Crippen molar-refractivity contribution >= 4 is 11.0 Å². The number of benzene rings is 7. The first-order valence-corrected chi connectivity index (χ1v) is 20.5. The van der Waals surface area contributed by atoms with Crippen LogP contribution >= 0.6 is 0 Å². The first kappa shape index (κ1) is 40.1. The summed E-state index contributed by atoms with van der Waals surface area (Å²) in [6, 6.07) is 59.8. The van der Waals surface area contributed by atoms with E-state index in [-0.39, 0.29) is 32.2 Å². The van der Waals surface area contributed by atoms with Crippen molar-refractivity contribution in [1.29, 1.82) is 0 Å². The molecule has 0 saturated carbocycles. The summed E-state index contributed by atoms with van der Waals surface area (Å²) in [5, 5.41) is 11.4. The van der Waals surface area contributed by atoms with Gasteiger partial charge in [0.1, 0.15) is 11.6 Å². The Labute approximate surface area is 375 Å². The third-order valence-electron chi connectivity index (χ3n) is 11.3. The van der Waals surface area contributed by atoms with Gasteiger partial charge < -0.3 is 5.11 Å². The van der Waals surface area contributed by atoms with Gasteiger partial charge in [0, 0.05) is 40.0 Å². The second-order valence-corrected chi connectivity index (χ2v) is 16.8. The van der Waals surface area contributed by atoms with Gasteiger partial charge in [-0.1, -0.05) is 172 Å². The molecular weight excluding hydrogens is 926 g/mol. The van der Waals surface area contributed by atoms with E-state index in [1.807, 2.05) is 50.4 Å². The predicted octanol–water partition coefficient (Wildman–Crippen LogP) is 14.7. The monoisotopic (exact) mass is 974 g/mol. The summed E-state index contributed by atoms with van der Waals surface area (Å²) in [5.41, 5.74) is 16.3. The van der Waals surface area contributed by atoms with E-state index in [0.717, 1.165) is 78.0 Å². The van der Waals surface area contributed by atoms with Crippen LogP contribution in [0.1, 0.15) is 58.6 Å². The minimum absolute atomic E-state index is 0. The van der Waals surface area contributed by atoms with E-state index in [4.69, 9.17) is 9.97 Å². The van der Waals surface area contributed by atoms with Gasteiger partial charge in [0.2, 0.25) is 0 Å². The molecule has 0 spiro atoms. The number of pyridine rings is 1. The molecule has 1 N–H and O–H groups in total. The van der Waals surface area contributed by atoms with Gasteiger partial charge in [-0.2, -0.15) is 0 Å². The first-order chi connectivity index (χ1) is 29.3. The van der Waals surface area contributed by atoms with Crippen LogP contribution in [0.3, 0.4) is 0 Å². The van der Waals surface area contributed by atoms with Crippen molar-refractivity contribution < 1.29 is 27.5 Å². The maximum atomic E-state index is 11.4. The number of para-hydroxylation sites is 2. The summed E-state index contributed by atoms with van der Waals surface area (Å²) in [4.78, 5) is 10.3. The van der Waals surface area contributed by atoms with Crippen LogP contribution in [0.4, 0.5) is 0 Å². The van der Waals surface area contributed by atoms with Crippen molar-refractivity contribution in [3.63, 3.8) is 0 Å². The van der Waals surface area contributed by atoms with E-state index in [0.29, 0.717) is 11.4 Å². The molecule has 0 aliphatic carbocycles. The summed E-state index contributed by atoms with van der Waals surface area (Å²) in [7, 11) is 0. The van der Waals surface area contributed by atoms with Crippen LogP contribution < -0.4 is 0 Å². The minimum Gasteiger partial charge on any atom is -0.507 e. The van der Waals surface area contributed by atoms with Crippen molar-refractivity contribution in [1.82, 2.24) is 14.5 Å². The molecule has 0 aliphatic heterocycles. The van der Waals surface area contributed by atoms with E-state index in [2.05, 4.69) is 166 Å². The van der Waals surface area contributed by atoms with E-state index >= 15 is 0 Å². The normalized spacial score (nSPS) is 11.9. The summed E-state index contributed by atoms with van der Waals surface area (Å²) < 4.78 is 11.6. The van der Waals surface area contributed by atoms with Crippen molar-refractivity contribution in [2.24, 2.45) is 0 Å². The molecule has 5 heteroatoms. The maximum absolute atomic E-state index is 11.4. The van der Waals surface area contributed by atoms with Gasteiger partial charge in [-0.25, -0.2) is 4.98 Å². The SMILES string of the molecule is [2H]C(C)(C)c1cc(-n2c(-c3ccccc3O)nc3c(-c4[c-]c(-c5cc(-c6ccc(C)cc6)ccn5)cc(-c5ccccc5)c4)cccc32)ccc1-c1ccccc1C(C)(C)C.[Pt]. The van der Waals surface area contributed by atoms with Gasteiger partial charge in [-0.05, 0) is 93.6 Å². The average molecular weight is 975 g/mol. The smallest absolute Gasteiger partial charge is 0.148 e. The molecular formula is C56H48N3OPt-. The molecule has 2 heterocycles. The molecule has 0 radical (unpaired) electrons. The van der Waals surface area contributed by atoms with Crippen LogP contribution in [0.5, 0.6) is 5.75 Å². The maximum Gasteiger partial charge on any atom is 0.148 e. The van der Waals surface area contributed by atoms with E-state index < -0.39 is 5.89 Å². The Kier molecular flexibility index (Phi) is 11.1. The Hall–Kier alpha value is -6.35. The summed E-state index contributed by atoms with van der Waals surface area (Å²) in [6.07, 6.45) is 1.87. The number of phenols is 1. The van der Waals surface area contributed by atoms with E-state index in [1.165, 1.54) is 11.1 Å². The van der Waals surface area contributed by atoms with Gasteiger partial charge in [0.05, 0.1) is 16.6 Å². The van der Waals surface area contributed by atoms with Crippen molar-refractivity contribution in [3.8, 4) is 78.6 Å². The molecule has 61 heavy (non-hydrogen) atoms. The molecule has 9 rings (SSSR count). The van der Waals surface area contributed by atoms with Crippen LogP contribution in [0.25, 0.3) is 83.9 Å². The summed E-state index contributed by atoms with van der Waals surface area (Å²) >= 11 is 0. The van der Waals surface area contributed by atoms with E-state index in [1.54, 1.807) is 6.07 Å². The summed E-state index contributed by atoms with van der Waals surface area (Å²) in [6.45, 7) is 12.7. The van der Waals surface area contributed by atoms with Gasteiger partial charge in [0.25, 0.3) is 0 Å². The Morgan fingerprint density at radius 1 is 0.623 bits per heavy atom. The standard InChI is InChI=1S/C56H48N3O.Pt/c1-36(2)49-35-44(27-28-46(49)47-17-10-12-20-50(47)56(4,5)6)59-52-21-14-19-45(54(52)58-55(59)48-18-11-13-22-53(48)60)42-31-41(38-15-8-7-9-16-38)32-43(33-42)51-34-40(29-30-57-51)39-25-23-37(3)24-26-39;/h7-32,34-36,60H,1-6H3;/q-1;/i36D;. The number of rotatable bonds is 8. The van der Waals surface area contributed by atoms with E-state index in [9.17, 15) is 6.48 Å². The fraction of sp³-hybridized carbons (Fsp3) is 0.143. The van der Waals surface area contributed by atoms with Crippen LogP contribution in [0.2, 0.25) is 0 Å². The van der Waals surface area contributed by atoms with Gasteiger partial charge in [-0.3, -0.25) is 9.55 Å². The second-order valence-electron chi connectivity index (χ2n) is 16.8. The number of aromatic hydroxyl groups is 1. The molecule has 0 bridgehead atoms. The fourth-order valence-electron chi connectivity index (χ4n) is 8.27. The molecule has 2 aromatic heterocycles. The zero-order valence-electron chi connectivity index (χ0n) is 36.3. The summed E-state index contributed by atoms with van der Waals surface area (Å²) in [5.74, 6) is -0.193. The molecule has 0 unspecified atom stereocenters. The number of hydrogen-bond donors (Lipinski definition) is 1. The number of aromatic nitrogens is 3. The predicted molar refractivity (Wildman–Crippen MR) is 250 cm³/mol. The third kappa shape index (κ3) is 8.13. The average Bonchev–Trinajstić information content (AvgIpc) is 3.66. The van der Waals surface area contributed by atoms with Crippen molar-refractivity contribution in [2.75, 3.05) is 0 Å². The first-order valence-electron chi connectivity index (χ1n) is 21.0. The quantitative estimate of drug-likeness (QED) is 0.154. The van der Waals surface area contributed by atoms with Crippen molar-refractivity contribution in [2.45, 2.75) is 52.9 Å². The van der Waals surface area contributed by atoms with Crippen molar-refractivity contribution in [3.05, 3.63) is 193 Å². The topological polar surface area (TPSA) is 50.9 Å². The van der Waals surface area contributed by atoms with Gasteiger partial charge in [-0.15, -0.1) is 23.8 Å². The number of fused-ring (bicyclic) bond motifs is 1. The van der Waals surface area contributed by atoms with Crippen LogP contribution in [0, 0.1) is 13.0 Å². The third-order valence-corrected chi connectivity index (χ3v) is 11.3.